The standard InChI is InChI=1S/C20H18FN5OS.ClH/c1-25(2)9-10-26(20-24-16-6-4-14(21)12-18(16)28-20)19(27)13-3-5-15-17(11-13)23-8-7-22-15;/h3-8,11-12H,9-10H2,1-2H3;1H. The summed E-state index contributed by atoms with van der Waals surface area (Å²) in [5.41, 5.74) is 2.58. The van der Waals surface area contributed by atoms with Gasteiger partial charge in [-0.2, -0.15) is 0 Å². The molecule has 9 heteroatoms. The normalized spacial score (nSPS) is 11.0. The molecule has 2 aromatic carbocycles. The van der Waals surface area contributed by atoms with Crippen LogP contribution >= 0.6 is 23.7 Å². The molecule has 1 amide bonds. The molecule has 0 radical (unpaired) electrons. The van der Waals surface area contributed by atoms with Gasteiger partial charge < -0.3 is 4.90 Å². The van der Waals surface area contributed by atoms with Crippen LogP contribution in [0.15, 0.2) is 48.8 Å². The Kier molecular flexibility index (Phi) is 6.36. The van der Waals surface area contributed by atoms with E-state index in [-0.39, 0.29) is 24.1 Å². The molecular weight excluding hydrogens is 413 g/mol. The average Bonchev–Trinajstić information content (AvgIpc) is 3.10. The van der Waals surface area contributed by atoms with Crippen LogP contribution in [0.3, 0.4) is 0 Å². The fourth-order valence-corrected chi connectivity index (χ4v) is 3.85. The number of hydrogen-bond donors (Lipinski definition) is 0. The molecule has 0 spiro atoms. The predicted molar refractivity (Wildman–Crippen MR) is 117 cm³/mol. The molecule has 0 saturated carbocycles. The molecule has 4 rings (SSSR count). The second-order valence-corrected chi connectivity index (χ2v) is 7.64. The smallest absolute Gasteiger partial charge is 0.260 e. The number of carbonyl (C=O) groups excluding carboxylic acids is 1. The first kappa shape index (κ1) is 21.0. The number of nitrogens with zero attached hydrogens (tertiary/aromatic N) is 5. The van der Waals surface area contributed by atoms with Crippen LogP contribution in [0.5, 0.6) is 0 Å². The molecule has 0 fully saturated rings. The highest BCUT2D eigenvalue weighted by molar-refractivity contribution is 7.22. The van der Waals surface area contributed by atoms with E-state index in [1.165, 1.54) is 23.5 Å². The summed E-state index contributed by atoms with van der Waals surface area (Å²) in [5, 5.41) is 0.548. The van der Waals surface area contributed by atoms with Crippen molar-refractivity contribution in [1.82, 2.24) is 19.9 Å². The number of aromatic nitrogens is 3. The molecule has 0 bridgehead atoms. The van der Waals surface area contributed by atoms with E-state index >= 15 is 0 Å². The van der Waals surface area contributed by atoms with Crippen LogP contribution < -0.4 is 4.90 Å². The lowest BCUT2D eigenvalue weighted by Gasteiger charge is -2.22. The van der Waals surface area contributed by atoms with Gasteiger partial charge in [-0.05, 0) is 50.5 Å². The van der Waals surface area contributed by atoms with Gasteiger partial charge in [0.25, 0.3) is 5.91 Å². The number of amides is 1. The van der Waals surface area contributed by atoms with Crippen molar-refractivity contribution in [1.29, 1.82) is 0 Å². The zero-order chi connectivity index (χ0) is 19.7. The minimum absolute atomic E-state index is 0. The molecule has 150 valence electrons. The van der Waals surface area contributed by atoms with Gasteiger partial charge in [-0.15, -0.1) is 12.4 Å². The molecule has 4 aromatic rings. The fraction of sp³-hybridized carbons (Fsp3) is 0.200. The SMILES string of the molecule is CN(C)CCN(C(=O)c1ccc2nccnc2c1)c1nc2ccc(F)cc2s1.Cl. The van der Waals surface area contributed by atoms with E-state index in [0.717, 1.165) is 5.52 Å². The Morgan fingerprint density at radius 2 is 1.72 bits per heavy atom. The van der Waals surface area contributed by atoms with E-state index in [1.807, 2.05) is 19.0 Å². The minimum Gasteiger partial charge on any atom is -0.308 e. The van der Waals surface area contributed by atoms with Gasteiger partial charge in [-0.1, -0.05) is 11.3 Å². The van der Waals surface area contributed by atoms with Gasteiger partial charge in [0.15, 0.2) is 5.13 Å². The molecular formula is C20H19ClFN5OS. The first-order valence-corrected chi connectivity index (χ1v) is 9.56. The van der Waals surface area contributed by atoms with Crippen molar-refractivity contribution in [3.63, 3.8) is 0 Å². The van der Waals surface area contributed by atoms with Crippen molar-refractivity contribution < 1.29 is 9.18 Å². The van der Waals surface area contributed by atoms with Crippen molar-refractivity contribution in [2.75, 3.05) is 32.1 Å². The summed E-state index contributed by atoms with van der Waals surface area (Å²) in [6.45, 7) is 1.13. The summed E-state index contributed by atoms with van der Waals surface area (Å²) in [6, 6.07) is 9.71. The Bertz CT molecular complexity index is 1170. The predicted octanol–water partition coefficient (Wildman–Crippen LogP) is 4.01. The molecule has 0 N–H and O–H groups in total. The van der Waals surface area contributed by atoms with Crippen molar-refractivity contribution in [2.45, 2.75) is 0 Å². The molecule has 0 aliphatic rings. The highest BCUT2D eigenvalue weighted by Crippen LogP contribution is 2.30. The molecule has 29 heavy (non-hydrogen) atoms. The first-order chi connectivity index (χ1) is 13.5. The molecule has 0 atom stereocenters. The first-order valence-electron chi connectivity index (χ1n) is 8.75. The van der Waals surface area contributed by atoms with Gasteiger partial charge in [0, 0.05) is 31.0 Å². The number of carbonyl (C=O) groups is 1. The third-order valence-corrected chi connectivity index (χ3v) is 5.34. The van der Waals surface area contributed by atoms with Gasteiger partial charge in [-0.25, -0.2) is 9.37 Å². The van der Waals surface area contributed by atoms with E-state index in [9.17, 15) is 9.18 Å². The molecule has 2 heterocycles. The van der Waals surface area contributed by atoms with Crippen LogP contribution in [0, 0.1) is 5.82 Å². The fourth-order valence-electron chi connectivity index (χ4n) is 2.84. The summed E-state index contributed by atoms with van der Waals surface area (Å²) in [6.07, 6.45) is 3.22. The number of rotatable bonds is 5. The summed E-state index contributed by atoms with van der Waals surface area (Å²) >= 11 is 1.31. The minimum atomic E-state index is -0.318. The Morgan fingerprint density at radius 1 is 1.00 bits per heavy atom. The van der Waals surface area contributed by atoms with Crippen molar-refractivity contribution in [3.8, 4) is 0 Å². The Morgan fingerprint density at radius 3 is 2.48 bits per heavy atom. The number of hydrogen-bond acceptors (Lipinski definition) is 6. The zero-order valence-electron chi connectivity index (χ0n) is 15.9. The third kappa shape index (κ3) is 4.50. The summed E-state index contributed by atoms with van der Waals surface area (Å²) in [7, 11) is 3.89. The molecule has 0 saturated heterocycles. The van der Waals surface area contributed by atoms with E-state index in [4.69, 9.17) is 0 Å². The van der Waals surface area contributed by atoms with Crippen LogP contribution in [0.25, 0.3) is 21.3 Å². The molecule has 0 aliphatic carbocycles. The van der Waals surface area contributed by atoms with Crippen molar-refractivity contribution in [3.05, 3.63) is 60.2 Å². The lowest BCUT2D eigenvalue weighted by molar-refractivity contribution is 0.0985. The van der Waals surface area contributed by atoms with Gasteiger partial charge in [0.05, 0.1) is 21.3 Å². The number of halogens is 2. The number of anilines is 1. The van der Waals surface area contributed by atoms with Crippen LogP contribution in [-0.2, 0) is 0 Å². The van der Waals surface area contributed by atoms with E-state index in [1.54, 1.807) is 41.6 Å². The van der Waals surface area contributed by atoms with Crippen LogP contribution in [0.4, 0.5) is 9.52 Å². The molecule has 0 unspecified atom stereocenters. The number of likely N-dealkylation sites (N-methyl/N-ethyl adjacent to an activating group) is 1. The van der Waals surface area contributed by atoms with Crippen molar-refractivity contribution >= 4 is 56.0 Å². The highest BCUT2D eigenvalue weighted by Gasteiger charge is 2.22. The molecule has 6 nitrogen and oxygen atoms in total. The Balaban J connectivity index is 0.00000240. The molecule has 0 aliphatic heterocycles. The lowest BCUT2D eigenvalue weighted by Crippen LogP contribution is -2.36. The maximum Gasteiger partial charge on any atom is 0.260 e. The van der Waals surface area contributed by atoms with Crippen LogP contribution in [0.1, 0.15) is 10.4 Å². The second kappa shape index (κ2) is 8.77. The largest absolute Gasteiger partial charge is 0.308 e. The number of benzene rings is 2. The van der Waals surface area contributed by atoms with E-state index < -0.39 is 0 Å². The lowest BCUT2D eigenvalue weighted by atomic mass is 10.1. The van der Waals surface area contributed by atoms with Gasteiger partial charge in [0.2, 0.25) is 0 Å². The van der Waals surface area contributed by atoms with Gasteiger partial charge >= 0.3 is 0 Å². The Hall–Kier alpha value is -2.68. The third-order valence-electron chi connectivity index (χ3n) is 4.30. The number of fused-ring (bicyclic) bond motifs is 2. The van der Waals surface area contributed by atoms with E-state index in [0.29, 0.717) is 39.5 Å². The van der Waals surface area contributed by atoms with Crippen molar-refractivity contribution in [2.24, 2.45) is 0 Å². The van der Waals surface area contributed by atoms with Crippen LogP contribution in [-0.4, -0.2) is 52.9 Å². The quantitative estimate of drug-likeness (QED) is 0.477. The van der Waals surface area contributed by atoms with Gasteiger partial charge in [-0.3, -0.25) is 19.7 Å². The summed E-state index contributed by atoms with van der Waals surface area (Å²) in [4.78, 5) is 30.0. The number of thiazole rings is 1. The Labute approximate surface area is 177 Å². The second-order valence-electron chi connectivity index (χ2n) is 6.63. The van der Waals surface area contributed by atoms with Crippen LogP contribution in [0.2, 0.25) is 0 Å². The summed E-state index contributed by atoms with van der Waals surface area (Å²) in [5.74, 6) is -0.490. The summed E-state index contributed by atoms with van der Waals surface area (Å²) < 4.78 is 14.3. The zero-order valence-corrected chi connectivity index (χ0v) is 17.5. The maximum absolute atomic E-state index is 13.6. The van der Waals surface area contributed by atoms with Gasteiger partial charge in [0.1, 0.15) is 5.82 Å². The van der Waals surface area contributed by atoms with E-state index in [2.05, 4.69) is 15.0 Å². The monoisotopic (exact) mass is 431 g/mol. The average molecular weight is 432 g/mol. The topological polar surface area (TPSA) is 62.2 Å². The highest BCUT2D eigenvalue weighted by atomic mass is 35.5. The maximum atomic E-state index is 13.6. The molecule has 2 aromatic heterocycles.